The molecule has 11 heteroatoms. The lowest BCUT2D eigenvalue weighted by molar-refractivity contribution is -0.137. The molecule has 0 unspecified atom stereocenters. The molecular formula is C23H28F3N3O5. The second kappa shape index (κ2) is 11.2. The van der Waals surface area contributed by atoms with E-state index in [1.165, 1.54) is 33.5 Å². The van der Waals surface area contributed by atoms with Gasteiger partial charge in [-0.2, -0.15) is 13.2 Å². The Balaban J connectivity index is 1.45. The van der Waals surface area contributed by atoms with Gasteiger partial charge in [-0.15, -0.1) is 0 Å². The highest BCUT2D eigenvalue weighted by Gasteiger charge is 2.31. The van der Waals surface area contributed by atoms with Crippen LogP contribution in [-0.4, -0.2) is 71.7 Å². The van der Waals surface area contributed by atoms with E-state index in [2.05, 4.69) is 10.2 Å². The highest BCUT2D eigenvalue weighted by molar-refractivity contribution is 5.86. The van der Waals surface area contributed by atoms with Gasteiger partial charge in [0.05, 0.1) is 32.6 Å². The number of nitrogens with zero attached hydrogens (tertiary/aromatic N) is 2. The minimum Gasteiger partial charge on any atom is -0.493 e. The lowest BCUT2D eigenvalue weighted by atomic mass is 10.1. The maximum atomic E-state index is 13.0. The molecule has 0 bridgehead atoms. The number of amides is 1. The van der Waals surface area contributed by atoms with Crippen molar-refractivity contribution in [3.05, 3.63) is 42.0 Å². The lowest BCUT2D eigenvalue weighted by Crippen LogP contribution is -2.47. The molecule has 186 valence electrons. The molecule has 0 aliphatic carbocycles. The van der Waals surface area contributed by atoms with Gasteiger partial charge < -0.3 is 23.8 Å². The molecule has 34 heavy (non-hydrogen) atoms. The summed E-state index contributed by atoms with van der Waals surface area (Å²) in [5.74, 6) is 1.21. The van der Waals surface area contributed by atoms with E-state index in [4.69, 9.17) is 18.9 Å². The maximum Gasteiger partial charge on any atom is 0.416 e. The van der Waals surface area contributed by atoms with Crippen LogP contribution in [0.25, 0.3) is 0 Å². The van der Waals surface area contributed by atoms with Gasteiger partial charge in [-0.25, -0.2) is 4.79 Å². The summed E-state index contributed by atoms with van der Waals surface area (Å²) in [7, 11) is 4.44. The van der Waals surface area contributed by atoms with E-state index in [1.54, 1.807) is 18.2 Å². The zero-order chi connectivity index (χ0) is 24.7. The van der Waals surface area contributed by atoms with Crippen molar-refractivity contribution in [2.75, 3.05) is 70.9 Å². The van der Waals surface area contributed by atoms with Gasteiger partial charge in [-0.05, 0) is 18.2 Å². The first-order valence-corrected chi connectivity index (χ1v) is 10.6. The predicted octanol–water partition coefficient (Wildman–Crippen LogP) is 4.10. The molecule has 1 aliphatic heterocycles. The van der Waals surface area contributed by atoms with E-state index in [-0.39, 0.29) is 6.61 Å². The molecule has 0 aromatic heterocycles. The van der Waals surface area contributed by atoms with Crippen LogP contribution in [0.5, 0.6) is 17.2 Å². The molecule has 1 amide bonds. The van der Waals surface area contributed by atoms with Crippen molar-refractivity contribution < 1.29 is 36.9 Å². The van der Waals surface area contributed by atoms with Gasteiger partial charge in [-0.1, -0.05) is 6.07 Å². The Bertz CT molecular complexity index is 954. The van der Waals surface area contributed by atoms with Crippen molar-refractivity contribution in [3.63, 3.8) is 0 Å². The van der Waals surface area contributed by atoms with Crippen LogP contribution in [0.1, 0.15) is 5.56 Å². The van der Waals surface area contributed by atoms with Crippen molar-refractivity contribution in [1.82, 2.24) is 4.90 Å². The SMILES string of the molecule is COc1cc(NC(=O)OCCN2CCN(c3cccc(C(F)(F)F)c3)CC2)cc(OC)c1OC. The number of hydrogen-bond donors (Lipinski definition) is 1. The molecule has 0 atom stereocenters. The molecule has 2 aromatic carbocycles. The number of carbonyl (C=O) groups excluding carboxylic acids is 1. The Morgan fingerprint density at radius 3 is 2.18 bits per heavy atom. The third-order valence-electron chi connectivity index (χ3n) is 5.46. The first-order valence-electron chi connectivity index (χ1n) is 10.6. The topological polar surface area (TPSA) is 72.5 Å². The second-order valence-corrected chi connectivity index (χ2v) is 7.55. The highest BCUT2D eigenvalue weighted by Crippen LogP contribution is 2.40. The number of benzene rings is 2. The van der Waals surface area contributed by atoms with Gasteiger partial charge in [0.25, 0.3) is 0 Å². The zero-order valence-corrected chi connectivity index (χ0v) is 19.3. The first-order chi connectivity index (χ1) is 16.2. The lowest BCUT2D eigenvalue weighted by Gasteiger charge is -2.36. The van der Waals surface area contributed by atoms with Gasteiger partial charge in [0.1, 0.15) is 6.61 Å². The van der Waals surface area contributed by atoms with Gasteiger partial charge in [0, 0.05) is 50.5 Å². The molecule has 0 saturated carbocycles. The molecule has 0 spiro atoms. The third-order valence-corrected chi connectivity index (χ3v) is 5.46. The van der Waals surface area contributed by atoms with Crippen LogP contribution in [0, 0.1) is 0 Å². The average Bonchev–Trinajstić information content (AvgIpc) is 2.83. The number of rotatable bonds is 8. The van der Waals surface area contributed by atoms with Gasteiger partial charge in [0.2, 0.25) is 5.75 Å². The fraction of sp³-hybridized carbons (Fsp3) is 0.435. The number of carbonyl (C=O) groups is 1. The van der Waals surface area contributed by atoms with E-state index < -0.39 is 17.8 Å². The van der Waals surface area contributed by atoms with E-state index >= 15 is 0 Å². The smallest absolute Gasteiger partial charge is 0.416 e. The van der Waals surface area contributed by atoms with Crippen LogP contribution in [0.4, 0.5) is 29.3 Å². The largest absolute Gasteiger partial charge is 0.493 e. The van der Waals surface area contributed by atoms with Crippen LogP contribution in [0.2, 0.25) is 0 Å². The van der Waals surface area contributed by atoms with Crippen molar-refractivity contribution in [2.45, 2.75) is 6.18 Å². The van der Waals surface area contributed by atoms with E-state index in [9.17, 15) is 18.0 Å². The van der Waals surface area contributed by atoms with Crippen LogP contribution < -0.4 is 24.4 Å². The van der Waals surface area contributed by atoms with E-state index in [0.29, 0.717) is 61.3 Å². The second-order valence-electron chi connectivity index (χ2n) is 7.55. The number of halogens is 3. The van der Waals surface area contributed by atoms with Crippen LogP contribution in [0.15, 0.2) is 36.4 Å². The molecule has 0 radical (unpaired) electrons. The zero-order valence-electron chi connectivity index (χ0n) is 19.3. The number of anilines is 2. The summed E-state index contributed by atoms with van der Waals surface area (Å²) in [6.45, 7) is 3.14. The molecule has 1 N–H and O–H groups in total. The predicted molar refractivity (Wildman–Crippen MR) is 121 cm³/mol. The Morgan fingerprint density at radius 2 is 1.62 bits per heavy atom. The number of alkyl halides is 3. The van der Waals surface area contributed by atoms with Gasteiger partial charge >= 0.3 is 12.3 Å². The van der Waals surface area contributed by atoms with Gasteiger partial charge in [0.15, 0.2) is 11.5 Å². The highest BCUT2D eigenvalue weighted by atomic mass is 19.4. The van der Waals surface area contributed by atoms with Crippen molar-refractivity contribution in [2.24, 2.45) is 0 Å². The summed E-state index contributed by atoms with van der Waals surface area (Å²) in [6.07, 6.45) is -4.99. The molecular weight excluding hydrogens is 455 g/mol. The number of piperazine rings is 1. The van der Waals surface area contributed by atoms with Crippen molar-refractivity contribution >= 4 is 17.5 Å². The molecule has 1 heterocycles. The standard InChI is InChI=1S/C23H28F3N3O5/c1-31-19-14-17(15-20(32-2)21(19)33-3)27-22(30)34-12-11-28-7-9-29(10-8-28)18-6-4-5-16(13-18)23(24,25)26/h4-6,13-15H,7-12H2,1-3H3,(H,27,30). The Labute approximate surface area is 196 Å². The summed E-state index contributed by atoms with van der Waals surface area (Å²) in [4.78, 5) is 16.2. The fourth-order valence-corrected chi connectivity index (χ4v) is 3.68. The monoisotopic (exact) mass is 483 g/mol. The Hall–Kier alpha value is -3.34. The summed E-state index contributed by atoms with van der Waals surface area (Å²) in [5, 5.41) is 2.63. The number of hydrogen-bond acceptors (Lipinski definition) is 7. The molecule has 1 aliphatic rings. The molecule has 1 saturated heterocycles. The summed E-state index contributed by atoms with van der Waals surface area (Å²) >= 11 is 0. The van der Waals surface area contributed by atoms with Crippen molar-refractivity contribution in [3.8, 4) is 17.2 Å². The minimum atomic E-state index is -4.36. The van der Waals surface area contributed by atoms with E-state index in [0.717, 1.165) is 6.07 Å². The summed E-state index contributed by atoms with van der Waals surface area (Å²) in [6, 6.07) is 8.53. The summed E-state index contributed by atoms with van der Waals surface area (Å²) < 4.78 is 59.9. The quantitative estimate of drug-likeness (QED) is 0.606. The Morgan fingerprint density at radius 1 is 0.971 bits per heavy atom. The van der Waals surface area contributed by atoms with Crippen LogP contribution in [0.3, 0.4) is 0 Å². The van der Waals surface area contributed by atoms with Crippen LogP contribution >= 0.6 is 0 Å². The third kappa shape index (κ3) is 6.37. The molecule has 1 fully saturated rings. The minimum absolute atomic E-state index is 0.166. The van der Waals surface area contributed by atoms with Crippen molar-refractivity contribution in [1.29, 1.82) is 0 Å². The molecule has 3 rings (SSSR count). The van der Waals surface area contributed by atoms with Gasteiger partial charge in [-0.3, -0.25) is 10.2 Å². The van der Waals surface area contributed by atoms with Crippen LogP contribution in [-0.2, 0) is 10.9 Å². The molecule has 8 nitrogen and oxygen atoms in total. The fourth-order valence-electron chi connectivity index (χ4n) is 3.68. The first kappa shape index (κ1) is 25.3. The average molecular weight is 483 g/mol. The molecule has 2 aromatic rings. The normalized spacial score (nSPS) is 14.5. The number of nitrogens with one attached hydrogen (secondary N) is 1. The maximum absolute atomic E-state index is 13.0. The summed E-state index contributed by atoms with van der Waals surface area (Å²) in [5.41, 5.74) is 0.323. The van der Waals surface area contributed by atoms with E-state index in [1.807, 2.05) is 4.90 Å². The number of ether oxygens (including phenoxy) is 4. The number of methoxy groups -OCH3 is 3. The Kier molecular flexibility index (Phi) is 8.32.